The van der Waals surface area contributed by atoms with Gasteiger partial charge in [0.1, 0.15) is 0 Å². The summed E-state index contributed by atoms with van der Waals surface area (Å²) in [7, 11) is 0. The van der Waals surface area contributed by atoms with Crippen LogP contribution >= 0.6 is 11.8 Å². The summed E-state index contributed by atoms with van der Waals surface area (Å²) in [5, 5.41) is 2.01. The van der Waals surface area contributed by atoms with Gasteiger partial charge in [-0.1, -0.05) is 19.8 Å². The fourth-order valence-electron chi connectivity index (χ4n) is 2.43. The van der Waals surface area contributed by atoms with Gasteiger partial charge in [-0.15, -0.1) is 0 Å². The summed E-state index contributed by atoms with van der Waals surface area (Å²) in [6, 6.07) is 0. The van der Waals surface area contributed by atoms with Gasteiger partial charge in [0.05, 0.1) is 0 Å². The van der Waals surface area contributed by atoms with Crippen LogP contribution in [-0.4, -0.2) is 10.5 Å². The summed E-state index contributed by atoms with van der Waals surface area (Å²) < 4.78 is 0. The summed E-state index contributed by atoms with van der Waals surface area (Å²) in [6.45, 7) is 2.40. The van der Waals surface area contributed by atoms with E-state index in [0.717, 1.165) is 16.4 Å². The zero-order chi connectivity index (χ0) is 6.97. The van der Waals surface area contributed by atoms with Gasteiger partial charge in [0.25, 0.3) is 0 Å². The minimum Gasteiger partial charge on any atom is -0.155 e. The van der Waals surface area contributed by atoms with E-state index in [1.54, 1.807) is 0 Å². The van der Waals surface area contributed by atoms with Crippen LogP contribution in [0.4, 0.5) is 0 Å². The molecule has 0 amide bonds. The zero-order valence-electron chi connectivity index (χ0n) is 6.68. The molecule has 1 aliphatic carbocycles. The van der Waals surface area contributed by atoms with E-state index in [1.165, 1.54) is 32.1 Å². The summed E-state index contributed by atoms with van der Waals surface area (Å²) in [5.41, 5.74) is 0. The molecule has 0 radical (unpaired) electrons. The van der Waals surface area contributed by atoms with Crippen molar-refractivity contribution in [3.63, 3.8) is 0 Å². The van der Waals surface area contributed by atoms with E-state index in [9.17, 15) is 0 Å². The summed E-state index contributed by atoms with van der Waals surface area (Å²) in [6.07, 6.45) is 7.58. The topological polar surface area (TPSA) is 0 Å². The molecule has 1 heteroatoms. The molecule has 2 fully saturated rings. The molecule has 0 N–H and O–H groups in total. The van der Waals surface area contributed by atoms with E-state index >= 15 is 0 Å². The molecule has 1 heterocycles. The van der Waals surface area contributed by atoms with Crippen molar-refractivity contribution in [3.8, 4) is 0 Å². The number of hydrogen-bond donors (Lipinski definition) is 0. The van der Waals surface area contributed by atoms with E-state index in [1.807, 2.05) is 0 Å². The van der Waals surface area contributed by atoms with Gasteiger partial charge in [-0.3, -0.25) is 0 Å². The van der Waals surface area contributed by atoms with Crippen molar-refractivity contribution >= 4 is 11.8 Å². The minimum atomic E-state index is 0.962. The Labute approximate surface area is 67.8 Å². The van der Waals surface area contributed by atoms with Crippen LogP contribution in [0.1, 0.15) is 39.0 Å². The largest absolute Gasteiger partial charge is 0.155 e. The SMILES string of the molecule is CC1CC2CCCC(C2)S1. The average molecular weight is 156 g/mol. The third-order valence-electron chi connectivity index (χ3n) is 2.82. The van der Waals surface area contributed by atoms with Crippen molar-refractivity contribution in [2.75, 3.05) is 0 Å². The fourth-order valence-corrected chi connectivity index (χ4v) is 4.16. The Hall–Kier alpha value is 0.350. The summed E-state index contributed by atoms with van der Waals surface area (Å²) in [5.74, 6) is 1.11. The lowest BCUT2D eigenvalue weighted by molar-refractivity contribution is 0.332. The van der Waals surface area contributed by atoms with Crippen LogP contribution in [0.5, 0.6) is 0 Å². The van der Waals surface area contributed by atoms with E-state index in [4.69, 9.17) is 0 Å². The fraction of sp³-hybridized carbons (Fsp3) is 1.00. The standard InChI is InChI=1S/C9H16S/c1-7-5-8-3-2-4-9(6-8)10-7/h7-9H,2-6H2,1H3. The predicted octanol–water partition coefficient (Wildman–Crippen LogP) is 3.07. The van der Waals surface area contributed by atoms with Gasteiger partial charge in [0.2, 0.25) is 0 Å². The molecular formula is C9H16S. The van der Waals surface area contributed by atoms with Gasteiger partial charge in [-0.05, 0) is 25.2 Å². The number of fused-ring (bicyclic) bond motifs is 2. The first-order chi connectivity index (χ1) is 4.84. The lowest BCUT2D eigenvalue weighted by Crippen LogP contribution is -2.27. The third kappa shape index (κ3) is 1.34. The van der Waals surface area contributed by atoms with Crippen LogP contribution < -0.4 is 0 Å². The maximum atomic E-state index is 2.40. The van der Waals surface area contributed by atoms with Crippen LogP contribution in [0, 0.1) is 5.92 Å². The molecule has 0 spiro atoms. The Morgan fingerprint density at radius 3 is 2.90 bits per heavy atom. The van der Waals surface area contributed by atoms with Crippen molar-refractivity contribution in [2.45, 2.75) is 49.5 Å². The van der Waals surface area contributed by atoms with Gasteiger partial charge in [0, 0.05) is 10.5 Å². The van der Waals surface area contributed by atoms with Gasteiger partial charge in [-0.25, -0.2) is 0 Å². The summed E-state index contributed by atoms with van der Waals surface area (Å²) in [4.78, 5) is 0. The second kappa shape index (κ2) is 2.77. The Balaban J connectivity index is 1.98. The van der Waals surface area contributed by atoms with Crippen molar-refractivity contribution < 1.29 is 0 Å². The Kier molecular flexibility index (Phi) is 1.94. The molecule has 0 nitrogen and oxygen atoms in total. The number of thioether (sulfide) groups is 1. The third-order valence-corrected chi connectivity index (χ3v) is 4.29. The smallest absolute Gasteiger partial charge is 0.00523 e. The highest BCUT2D eigenvalue weighted by molar-refractivity contribution is 8.00. The highest BCUT2D eigenvalue weighted by atomic mass is 32.2. The first-order valence-corrected chi connectivity index (χ1v) is 5.44. The first-order valence-electron chi connectivity index (χ1n) is 4.50. The molecule has 1 saturated carbocycles. The van der Waals surface area contributed by atoms with Crippen LogP contribution in [-0.2, 0) is 0 Å². The minimum absolute atomic E-state index is 0.962. The molecule has 58 valence electrons. The molecule has 0 aromatic rings. The Morgan fingerprint density at radius 1 is 1.20 bits per heavy atom. The van der Waals surface area contributed by atoms with Gasteiger partial charge >= 0.3 is 0 Å². The molecule has 1 aliphatic heterocycles. The highest BCUT2D eigenvalue weighted by Gasteiger charge is 2.29. The van der Waals surface area contributed by atoms with E-state index in [2.05, 4.69) is 18.7 Å². The maximum absolute atomic E-state index is 2.40. The Bertz CT molecular complexity index is 106. The Morgan fingerprint density at radius 2 is 2.10 bits per heavy atom. The van der Waals surface area contributed by atoms with Crippen molar-refractivity contribution in [2.24, 2.45) is 5.92 Å². The van der Waals surface area contributed by atoms with Crippen LogP contribution in [0.3, 0.4) is 0 Å². The van der Waals surface area contributed by atoms with Gasteiger partial charge < -0.3 is 0 Å². The van der Waals surface area contributed by atoms with E-state index < -0.39 is 0 Å². The molecule has 3 unspecified atom stereocenters. The molecule has 3 atom stereocenters. The summed E-state index contributed by atoms with van der Waals surface area (Å²) >= 11 is 2.24. The molecule has 2 rings (SSSR count). The quantitative estimate of drug-likeness (QED) is 0.519. The normalized spacial score (nSPS) is 47.1. The average Bonchev–Trinajstić information content (AvgIpc) is 1.85. The molecule has 2 bridgehead atoms. The first kappa shape index (κ1) is 7.02. The molecule has 0 aromatic heterocycles. The number of rotatable bonds is 0. The lowest BCUT2D eigenvalue weighted by Gasteiger charge is -2.37. The molecule has 2 aliphatic rings. The van der Waals surface area contributed by atoms with Crippen LogP contribution in [0.2, 0.25) is 0 Å². The second-order valence-corrected chi connectivity index (χ2v) is 5.58. The van der Waals surface area contributed by atoms with Gasteiger partial charge in [-0.2, -0.15) is 11.8 Å². The van der Waals surface area contributed by atoms with Gasteiger partial charge in [0.15, 0.2) is 0 Å². The van der Waals surface area contributed by atoms with E-state index in [-0.39, 0.29) is 0 Å². The van der Waals surface area contributed by atoms with Crippen LogP contribution in [0.25, 0.3) is 0 Å². The molecule has 0 aromatic carbocycles. The van der Waals surface area contributed by atoms with Crippen molar-refractivity contribution in [3.05, 3.63) is 0 Å². The second-order valence-electron chi connectivity index (χ2n) is 3.84. The van der Waals surface area contributed by atoms with Crippen molar-refractivity contribution in [1.29, 1.82) is 0 Å². The lowest BCUT2D eigenvalue weighted by atomic mass is 9.85. The monoisotopic (exact) mass is 156 g/mol. The van der Waals surface area contributed by atoms with Crippen LogP contribution in [0.15, 0.2) is 0 Å². The zero-order valence-corrected chi connectivity index (χ0v) is 7.49. The predicted molar refractivity (Wildman–Crippen MR) is 47.4 cm³/mol. The van der Waals surface area contributed by atoms with Crippen molar-refractivity contribution in [1.82, 2.24) is 0 Å². The molecular weight excluding hydrogens is 140 g/mol. The molecule has 1 saturated heterocycles. The number of hydrogen-bond acceptors (Lipinski definition) is 1. The molecule has 10 heavy (non-hydrogen) atoms. The maximum Gasteiger partial charge on any atom is 0.00523 e. The highest BCUT2D eigenvalue weighted by Crippen LogP contribution is 2.43. The van der Waals surface area contributed by atoms with E-state index in [0.29, 0.717) is 0 Å².